The number of nitrogens with one attached hydrogen (secondary N) is 1. The lowest BCUT2D eigenvalue weighted by Gasteiger charge is -2.10. The largest absolute Gasteiger partial charge is 0.452 e. The Bertz CT molecular complexity index is 1080. The normalized spacial score (nSPS) is 10.6. The third-order valence-electron chi connectivity index (χ3n) is 4.26. The van der Waals surface area contributed by atoms with Crippen molar-refractivity contribution < 1.29 is 32.6 Å². The highest BCUT2D eigenvalue weighted by atomic mass is 19.3. The van der Waals surface area contributed by atoms with Gasteiger partial charge in [0.05, 0.1) is 5.56 Å². The Morgan fingerprint density at radius 1 is 1.00 bits per heavy atom. The van der Waals surface area contributed by atoms with E-state index in [0.717, 1.165) is 11.3 Å². The maximum Gasteiger partial charge on any atom is 0.387 e. The van der Waals surface area contributed by atoms with Gasteiger partial charge in [0.2, 0.25) is 0 Å². The van der Waals surface area contributed by atoms with Crippen LogP contribution in [-0.2, 0) is 9.53 Å². The van der Waals surface area contributed by atoms with E-state index in [1.807, 2.05) is 36.0 Å². The Labute approximate surface area is 176 Å². The maximum atomic E-state index is 12.3. The first-order valence-corrected chi connectivity index (χ1v) is 9.13. The number of carbonyl (C=O) groups is 3. The Kier molecular flexibility index (Phi) is 6.76. The van der Waals surface area contributed by atoms with Crippen molar-refractivity contribution >= 4 is 17.8 Å². The van der Waals surface area contributed by atoms with E-state index in [1.165, 1.54) is 24.3 Å². The molecule has 31 heavy (non-hydrogen) atoms. The molecular formula is C22H18F2N2O5. The van der Waals surface area contributed by atoms with Gasteiger partial charge in [0.25, 0.3) is 11.8 Å². The molecule has 0 radical (unpaired) electrons. The molecule has 0 fully saturated rings. The SMILES string of the molecule is Cc1ccc(C(=O)OCC(=O)NC(=O)c2ccc(OC(F)F)cc2)cc1-n1cccc1. The van der Waals surface area contributed by atoms with E-state index in [0.29, 0.717) is 0 Å². The minimum Gasteiger partial charge on any atom is -0.452 e. The van der Waals surface area contributed by atoms with E-state index >= 15 is 0 Å². The third-order valence-corrected chi connectivity index (χ3v) is 4.26. The van der Waals surface area contributed by atoms with Crippen LogP contribution in [0.2, 0.25) is 0 Å². The molecule has 160 valence electrons. The molecule has 0 aliphatic heterocycles. The van der Waals surface area contributed by atoms with Gasteiger partial charge in [0, 0.05) is 23.6 Å². The van der Waals surface area contributed by atoms with E-state index in [4.69, 9.17) is 4.74 Å². The fourth-order valence-corrected chi connectivity index (χ4v) is 2.75. The third kappa shape index (κ3) is 5.75. The molecule has 0 aliphatic rings. The minimum atomic E-state index is -2.98. The molecular weight excluding hydrogens is 410 g/mol. The van der Waals surface area contributed by atoms with Crippen LogP contribution in [0.5, 0.6) is 5.75 Å². The number of aryl methyl sites for hydroxylation is 1. The monoisotopic (exact) mass is 428 g/mol. The number of ether oxygens (including phenoxy) is 2. The molecule has 1 heterocycles. The number of aromatic nitrogens is 1. The predicted molar refractivity (Wildman–Crippen MR) is 106 cm³/mol. The van der Waals surface area contributed by atoms with Gasteiger partial charge in [0.15, 0.2) is 6.61 Å². The summed E-state index contributed by atoms with van der Waals surface area (Å²) >= 11 is 0. The molecule has 7 nitrogen and oxygen atoms in total. The van der Waals surface area contributed by atoms with Crippen LogP contribution in [0.15, 0.2) is 67.0 Å². The van der Waals surface area contributed by atoms with Crippen molar-refractivity contribution in [3.8, 4) is 11.4 Å². The zero-order valence-corrected chi connectivity index (χ0v) is 16.4. The summed E-state index contributed by atoms with van der Waals surface area (Å²) in [5.41, 5.74) is 2.04. The van der Waals surface area contributed by atoms with Gasteiger partial charge in [-0.3, -0.25) is 14.9 Å². The summed E-state index contributed by atoms with van der Waals surface area (Å²) in [5, 5.41) is 2.06. The molecule has 3 aromatic rings. The summed E-state index contributed by atoms with van der Waals surface area (Å²) in [6.07, 6.45) is 3.67. The summed E-state index contributed by atoms with van der Waals surface area (Å²) in [7, 11) is 0. The topological polar surface area (TPSA) is 86.6 Å². The number of esters is 1. The Morgan fingerprint density at radius 2 is 1.65 bits per heavy atom. The van der Waals surface area contributed by atoms with E-state index in [2.05, 4.69) is 10.1 Å². The van der Waals surface area contributed by atoms with Crippen molar-refractivity contribution in [3.63, 3.8) is 0 Å². The fraction of sp³-hybridized carbons (Fsp3) is 0.136. The van der Waals surface area contributed by atoms with Crippen LogP contribution in [0.4, 0.5) is 8.78 Å². The van der Waals surface area contributed by atoms with Crippen LogP contribution in [0.25, 0.3) is 5.69 Å². The van der Waals surface area contributed by atoms with Crippen molar-refractivity contribution in [2.75, 3.05) is 6.61 Å². The molecule has 0 saturated carbocycles. The predicted octanol–water partition coefficient (Wildman–Crippen LogP) is 3.50. The van der Waals surface area contributed by atoms with Crippen molar-refractivity contribution in [1.82, 2.24) is 9.88 Å². The molecule has 0 atom stereocenters. The standard InChI is InChI=1S/C22H18F2N2O5/c1-14-4-5-16(12-18(14)26-10-2-3-11-26)21(29)30-13-19(27)25-20(28)15-6-8-17(9-7-15)31-22(23)24/h2-12,22H,13H2,1H3,(H,25,27,28). The molecule has 0 aliphatic carbocycles. The van der Waals surface area contributed by atoms with Crippen molar-refractivity contribution in [1.29, 1.82) is 0 Å². The van der Waals surface area contributed by atoms with Gasteiger partial charge >= 0.3 is 12.6 Å². The molecule has 9 heteroatoms. The highest BCUT2D eigenvalue weighted by Gasteiger charge is 2.15. The lowest BCUT2D eigenvalue weighted by atomic mass is 10.1. The minimum absolute atomic E-state index is 0.0520. The number of alkyl halides is 2. The Balaban J connectivity index is 1.55. The molecule has 1 N–H and O–H groups in total. The second kappa shape index (κ2) is 9.66. The zero-order chi connectivity index (χ0) is 22.4. The number of benzene rings is 2. The quantitative estimate of drug-likeness (QED) is 0.582. The van der Waals surface area contributed by atoms with Gasteiger partial charge in [-0.05, 0) is 61.0 Å². The molecule has 1 aromatic heterocycles. The van der Waals surface area contributed by atoms with E-state index < -0.39 is 31.0 Å². The second-order valence-corrected chi connectivity index (χ2v) is 6.45. The zero-order valence-electron chi connectivity index (χ0n) is 16.4. The first-order chi connectivity index (χ1) is 14.8. The summed E-state index contributed by atoms with van der Waals surface area (Å²) in [5.74, 6) is -2.44. The van der Waals surface area contributed by atoms with Gasteiger partial charge in [-0.1, -0.05) is 6.07 Å². The highest BCUT2D eigenvalue weighted by molar-refractivity contribution is 6.05. The van der Waals surface area contributed by atoms with Crippen LogP contribution >= 0.6 is 0 Å². The molecule has 0 spiro atoms. The smallest absolute Gasteiger partial charge is 0.387 e. The van der Waals surface area contributed by atoms with Crippen LogP contribution in [-0.4, -0.2) is 35.6 Å². The number of nitrogens with zero attached hydrogens (tertiary/aromatic N) is 1. The number of imide groups is 1. The van der Waals surface area contributed by atoms with E-state index in [9.17, 15) is 23.2 Å². The number of carbonyl (C=O) groups excluding carboxylic acids is 3. The first kappa shape index (κ1) is 21.7. The van der Waals surface area contributed by atoms with Gasteiger partial charge in [0.1, 0.15) is 5.75 Å². The van der Waals surface area contributed by atoms with Gasteiger partial charge in [-0.2, -0.15) is 8.78 Å². The fourth-order valence-electron chi connectivity index (χ4n) is 2.75. The number of amides is 2. The average molecular weight is 428 g/mol. The van der Waals surface area contributed by atoms with Gasteiger partial charge < -0.3 is 14.0 Å². The van der Waals surface area contributed by atoms with Crippen molar-refractivity contribution in [3.05, 3.63) is 83.7 Å². The highest BCUT2D eigenvalue weighted by Crippen LogP contribution is 2.17. The molecule has 0 bridgehead atoms. The first-order valence-electron chi connectivity index (χ1n) is 9.13. The van der Waals surface area contributed by atoms with Gasteiger partial charge in [-0.15, -0.1) is 0 Å². The number of hydrogen-bond acceptors (Lipinski definition) is 5. The number of rotatable bonds is 7. The summed E-state index contributed by atoms with van der Waals surface area (Å²) < 4.78 is 35.3. The Hall–Kier alpha value is -4.01. The summed E-state index contributed by atoms with van der Waals surface area (Å²) in [4.78, 5) is 36.3. The molecule has 2 amide bonds. The number of hydrogen-bond donors (Lipinski definition) is 1. The van der Waals surface area contributed by atoms with Crippen molar-refractivity contribution in [2.24, 2.45) is 0 Å². The second-order valence-electron chi connectivity index (χ2n) is 6.45. The van der Waals surface area contributed by atoms with Crippen molar-refractivity contribution in [2.45, 2.75) is 13.5 Å². The van der Waals surface area contributed by atoms with E-state index in [1.54, 1.807) is 18.2 Å². The van der Waals surface area contributed by atoms with Crippen LogP contribution in [0.3, 0.4) is 0 Å². The molecule has 0 unspecified atom stereocenters. The average Bonchev–Trinajstić information content (AvgIpc) is 3.27. The van der Waals surface area contributed by atoms with Crippen LogP contribution in [0.1, 0.15) is 26.3 Å². The number of halogens is 2. The molecule has 3 rings (SSSR count). The van der Waals surface area contributed by atoms with Gasteiger partial charge in [-0.25, -0.2) is 4.79 Å². The lowest BCUT2D eigenvalue weighted by molar-refractivity contribution is -0.123. The Morgan fingerprint density at radius 3 is 2.29 bits per heavy atom. The maximum absolute atomic E-state index is 12.3. The van der Waals surface area contributed by atoms with Crippen LogP contribution < -0.4 is 10.1 Å². The summed E-state index contributed by atoms with van der Waals surface area (Å²) in [6.45, 7) is -1.75. The summed E-state index contributed by atoms with van der Waals surface area (Å²) in [6, 6.07) is 13.5. The molecule has 2 aromatic carbocycles. The van der Waals surface area contributed by atoms with Crippen LogP contribution in [0, 0.1) is 6.92 Å². The lowest BCUT2D eigenvalue weighted by Crippen LogP contribution is -2.34. The molecule has 0 saturated heterocycles. The van der Waals surface area contributed by atoms with E-state index in [-0.39, 0.29) is 16.9 Å².